The largest absolute Gasteiger partial charge is 0.492 e. The van der Waals surface area contributed by atoms with E-state index >= 15 is 0 Å². The third kappa shape index (κ3) is 5.85. The summed E-state index contributed by atoms with van der Waals surface area (Å²) in [6.07, 6.45) is 0. The fraction of sp³-hybridized carbons (Fsp3) is 0.333. The average Bonchev–Trinajstić information content (AvgIpc) is 2.81. The van der Waals surface area contributed by atoms with Crippen molar-refractivity contribution in [3.63, 3.8) is 0 Å². The van der Waals surface area contributed by atoms with Crippen LogP contribution < -0.4 is 21.4 Å². The first kappa shape index (κ1) is 25.0. The Morgan fingerprint density at radius 2 is 1.85 bits per heavy atom. The van der Waals surface area contributed by atoms with Gasteiger partial charge in [0.25, 0.3) is 0 Å². The molecule has 0 aliphatic carbocycles. The van der Waals surface area contributed by atoms with Crippen LogP contribution in [0, 0.1) is 12.8 Å². The van der Waals surface area contributed by atoms with Crippen molar-refractivity contribution < 1.29 is 14.3 Å². The van der Waals surface area contributed by atoms with E-state index in [2.05, 4.69) is 10.3 Å². The van der Waals surface area contributed by atoms with Crippen LogP contribution in [0.3, 0.4) is 0 Å². The molecule has 9 nitrogen and oxygen atoms in total. The predicted octanol–water partition coefficient (Wildman–Crippen LogP) is 3.37. The molecule has 3 aromatic rings. The molecule has 0 aliphatic heterocycles. The maximum Gasteiger partial charge on any atom is 0.354 e. The first-order chi connectivity index (χ1) is 16.2. The Kier molecular flexibility index (Phi) is 8.12. The number of carbonyl (C=O) groups is 1. The van der Waals surface area contributed by atoms with Gasteiger partial charge in [0.15, 0.2) is 0 Å². The van der Waals surface area contributed by atoms with Gasteiger partial charge in [-0.3, -0.25) is 9.36 Å². The van der Waals surface area contributed by atoms with E-state index in [4.69, 9.17) is 21.1 Å². The normalized spacial score (nSPS) is 11.7. The number of halogens is 1. The molecule has 0 spiro atoms. The lowest BCUT2D eigenvalue weighted by Crippen LogP contribution is -2.44. The summed E-state index contributed by atoms with van der Waals surface area (Å²) in [5, 5.41) is 3.39. The highest BCUT2D eigenvalue weighted by molar-refractivity contribution is 6.32. The van der Waals surface area contributed by atoms with Crippen molar-refractivity contribution in [1.29, 1.82) is 0 Å². The summed E-state index contributed by atoms with van der Waals surface area (Å²) >= 11 is 6.28. The number of anilines is 2. The van der Waals surface area contributed by atoms with E-state index in [0.29, 0.717) is 23.1 Å². The van der Waals surface area contributed by atoms with Crippen LogP contribution in [0.4, 0.5) is 11.6 Å². The number of benzene rings is 2. The molecule has 10 heteroatoms. The maximum absolute atomic E-state index is 13.4. The molecule has 0 saturated carbocycles. The molecule has 0 saturated heterocycles. The van der Waals surface area contributed by atoms with Gasteiger partial charge in [0.2, 0.25) is 5.95 Å². The molecule has 1 heterocycles. The second-order valence-corrected chi connectivity index (χ2v) is 8.22. The summed E-state index contributed by atoms with van der Waals surface area (Å²) in [4.78, 5) is 42.1. The lowest BCUT2D eigenvalue weighted by molar-refractivity contribution is -0.145. The van der Waals surface area contributed by atoms with Gasteiger partial charge < -0.3 is 14.8 Å². The number of hydrogen-bond acceptors (Lipinski definition) is 7. The van der Waals surface area contributed by atoms with Crippen LogP contribution in [0.1, 0.15) is 25.0 Å². The van der Waals surface area contributed by atoms with Crippen molar-refractivity contribution in [3.05, 3.63) is 79.6 Å². The Balaban J connectivity index is 2.06. The van der Waals surface area contributed by atoms with Gasteiger partial charge in [0.1, 0.15) is 5.75 Å². The molecule has 0 amide bonds. The third-order valence-electron chi connectivity index (χ3n) is 5.16. The summed E-state index contributed by atoms with van der Waals surface area (Å²) in [6.45, 7) is 5.87. The molecule has 0 fully saturated rings. The summed E-state index contributed by atoms with van der Waals surface area (Å²) in [6, 6.07) is 12.7. The van der Waals surface area contributed by atoms with E-state index in [9.17, 15) is 14.4 Å². The van der Waals surface area contributed by atoms with Gasteiger partial charge in [-0.1, -0.05) is 48.4 Å². The quantitative estimate of drug-likeness (QED) is 0.462. The van der Waals surface area contributed by atoms with Crippen LogP contribution in [0.15, 0.2) is 52.1 Å². The van der Waals surface area contributed by atoms with Gasteiger partial charge in [-0.05, 0) is 37.6 Å². The zero-order valence-electron chi connectivity index (χ0n) is 19.5. The van der Waals surface area contributed by atoms with Crippen LogP contribution >= 0.6 is 11.6 Å². The first-order valence-electron chi connectivity index (χ1n) is 10.8. The summed E-state index contributed by atoms with van der Waals surface area (Å²) < 4.78 is 12.5. The second-order valence-electron chi connectivity index (χ2n) is 7.81. The van der Waals surface area contributed by atoms with E-state index in [1.807, 2.05) is 38.1 Å². The average molecular weight is 487 g/mol. The minimum absolute atomic E-state index is 0.0535. The maximum atomic E-state index is 13.4. The molecule has 2 aromatic carbocycles. The number of ether oxygens (including phenoxy) is 2. The van der Waals surface area contributed by atoms with E-state index in [0.717, 1.165) is 15.7 Å². The number of nitrogens with zero attached hydrogens (tertiary/aromatic N) is 3. The van der Waals surface area contributed by atoms with Crippen molar-refractivity contribution in [2.24, 2.45) is 5.92 Å². The van der Waals surface area contributed by atoms with E-state index in [1.54, 1.807) is 25.1 Å². The van der Waals surface area contributed by atoms with E-state index in [1.165, 1.54) is 11.7 Å². The molecule has 0 bridgehead atoms. The fourth-order valence-corrected chi connectivity index (χ4v) is 3.56. The van der Waals surface area contributed by atoms with Gasteiger partial charge in [0, 0.05) is 12.2 Å². The Morgan fingerprint density at radius 1 is 1.15 bits per heavy atom. The lowest BCUT2D eigenvalue weighted by Gasteiger charge is -2.17. The van der Waals surface area contributed by atoms with Crippen LogP contribution in [-0.2, 0) is 22.6 Å². The SMILES string of the molecule is CCOc1ccc(Nc2nc(=O)n(C[C@H](C)C(=O)OC)c(=O)n2Cc2ccc(C)cc2)cc1Cl. The van der Waals surface area contributed by atoms with Crippen LogP contribution in [0.2, 0.25) is 5.02 Å². The van der Waals surface area contributed by atoms with Crippen LogP contribution in [0.25, 0.3) is 0 Å². The standard InChI is InChI=1S/C24H27ClN4O5/c1-5-34-20-11-10-18(12-19(20)25)26-22-27-23(31)29(13-16(3)21(30)33-4)24(32)28(22)14-17-8-6-15(2)7-9-17/h6-12,16H,5,13-14H2,1-4H3,(H,26,27,31)/t16-/m0/s1. The zero-order chi connectivity index (χ0) is 24.8. The highest BCUT2D eigenvalue weighted by atomic mass is 35.5. The van der Waals surface area contributed by atoms with Gasteiger partial charge in [-0.2, -0.15) is 4.98 Å². The van der Waals surface area contributed by atoms with Crippen LogP contribution in [0.5, 0.6) is 5.75 Å². The number of hydrogen-bond donors (Lipinski definition) is 1. The molecular weight excluding hydrogens is 460 g/mol. The van der Waals surface area contributed by atoms with Crippen molar-refractivity contribution in [2.45, 2.75) is 33.9 Å². The Hall–Kier alpha value is -3.59. The van der Waals surface area contributed by atoms with Crippen LogP contribution in [-0.4, -0.2) is 33.8 Å². The Morgan fingerprint density at radius 3 is 2.47 bits per heavy atom. The van der Waals surface area contributed by atoms with E-state index in [-0.39, 0.29) is 19.0 Å². The summed E-state index contributed by atoms with van der Waals surface area (Å²) in [7, 11) is 1.25. The van der Waals surface area contributed by atoms with Gasteiger partial charge in [-0.25, -0.2) is 14.2 Å². The highest BCUT2D eigenvalue weighted by Gasteiger charge is 2.20. The number of nitrogens with one attached hydrogen (secondary N) is 1. The number of carbonyl (C=O) groups excluding carboxylic acids is 1. The zero-order valence-corrected chi connectivity index (χ0v) is 20.3. The topological polar surface area (TPSA) is 104 Å². The Bertz CT molecular complexity index is 1280. The number of methoxy groups -OCH3 is 1. The minimum Gasteiger partial charge on any atom is -0.492 e. The fourth-order valence-electron chi connectivity index (χ4n) is 3.33. The third-order valence-corrected chi connectivity index (χ3v) is 5.45. The molecule has 180 valence electrons. The van der Waals surface area contributed by atoms with Crippen molar-refractivity contribution in [1.82, 2.24) is 14.1 Å². The lowest BCUT2D eigenvalue weighted by atomic mass is 10.1. The monoisotopic (exact) mass is 486 g/mol. The number of aromatic nitrogens is 3. The predicted molar refractivity (Wildman–Crippen MR) is 130 cm³/mol. The molecule has 1 aromatic heterocycles. The van der Waals surface area contributed by atoms with Gasteiger partial charge in [0.05, 0.1) is 31.2 Å². The number of rotatable bonds is 9. The van der Waals surface area contributed by atoms with Gasteiger partial charge >= 0.3 is 17.3 Å². The second kappa shape index (κ2) is 11.0. The van der Waals surface area contributed by atoms with Gasteiger partial charge in [-0.15, -0.1) is 0 Å². The van der Waals surface area contributed by atoms with Crippen molar-refractivity contribution in [2.75, 3.05) is 19.0 Å². The minimum atomic E-state index is -0.777. The number of esters is 1. The molecule has 1 atom stereocenters. The highest BCUT2D eigenvalue weighted by Crippen LogP contribution is 2.28. The molecule has 0 aliphatic rings. The molecule has 1 N–H and O–H groups in total. The number of aryl methyl sites for hydroxylation is 1. The molecular formula is C24H27ClN4O5. The van der Waals surface area contributed by atoms with Crippen molar-refractivity contribution >= 4 is 29.2 Å². The van der Waals surface area contributed by atoms with Crippen molar-refractivity contribution in [3.8, 4) is 5.75 Å². The summed E-state index contributed by atoms with van der Waals surface area (Å²) in [5.74, 6) is -0.652. The smallest absolute Gasteiger partial charge is 0.354 e. The molecule has 34 heavy (non-hydrogen) atoms. The first-order valence-corrected chi connectivity index (χ1v) is 11.2. The molecule has 0 unspecified atom stereocenters. The van der Waals surface area contributed by atoms with E-state index < -0.39 is 23.3 Å². The molecule has 0 radical (unpaired) electrons. The Labute approximate surface area is 201 Å². The molecule has 3 rings (SSSR count). The summed E-state index contributed by atoms with van der Waals surface area (Å²) in [5.41, 5.74) is 1.07.